The molecular formula is C23H22N10O2. The Morgan fingerprint density at radius 3 is 2.74 bits per heavy atom. The van der Waals surface area contributed by atoms with Gasteiger partial charge in [-0.1, -0.05) is 12.1 Å². The minimum Gasteiger partial charge on any atom is -0.493 e. The van der Waals surface area contributed by atoms with Crippen molar-refractivity contribution in [2.24, 2.45) is 4.99 Å². The summed E-state index contributed by atoms with van der Waals surface area (Å²) in [6.45, 7) is 2.48. The average Bonchev–Trinajstić information content (AvgIpc) is 3.25. The van der Waals surface area contributed by atoms with E-state index in [1.165, 1.54) is 0 Å². The van der Waals surface area contributed by atoms with Gasteiger partial charge in [0.25, 0.3) is 5.62 Å². The Balaban J connectivity index is 1.33. The molecule has 35 heavy (non-hydrogen) atoms. The van der Waals surface area contributed by atoms with Gasteiger partial charge in [-0.25, -0.2) is 14.8 Å². The van der Waals surface area contributed by atoms with Crippen molar-refractivity contribution in [1.82, 2.24) is 39.1 Å². The molecule has 4 heterocycles. The lowest BCUT2D eigenvalue weighted by atomic mass is 10.2. The predicted octanol–water partition coefficient (Wildman–Crippen LogP) is 0.563. The van der Waals surface area contributed by atoms with E-state index in [-0.39, 0.29) is 17.6 Å². The molecule has 1 aromatic carbocycles. The molecule has 4 N–H and O–H groups in total. The van der Waals surface area contributed by atoms with Crippen LogP contribution < -0.4 is 21.8 Å². The number of anilines is 1. The summed E-state index contributed by atoms with van der Waals surface area (Å²) in [7, 11) is 0. The maximum atomic E-state index is 11.5. The molecule has 0 aliphatic heterocycles. The number of fused-ring (bicyclic) bond motifs is 1. The van der Waals surface area contributed by atoms with Crippen LogP contribution in [0, 0.1) is 6.92 Å². The summed E-state index contributed by atoms with van der Waals surface area (Å²) in [6, 6.07) is 8.40. The topological polar surface area (TPSA) is 154 Å². The van der Waals surface area contributed by atoms with Gasteiger partial charge in [0, 0.05) is 29.8 Å². The van der Waals surface area contributed by atoms with Gasteiger partial charge in [0.1, 0.15) is 11.5 Å². The zero-order valence-corrected chi connectivity index (χ0v) is 18.8. The Bertz CT molecular complexity index is 1700. The molecule has 1 saturated carbocycles. The molecule has 12 heteroatoms. The standard InChI is InChI=1S/C23H22N10O2/c1-13-24-8-9-32(13)17-6-2-14(3-7-17)11-25-21-29-19-15(10-18-20(34)30-23(35)28-18)12-26-33(19)22(31-21)27-16-4-5-16/h2-3,6-10,12,16,34H,4-5,11H2,1H3,(H,25,27,31)(H2,28,30,35)/b15-10+. The van der Waals surface area contributed by atoms with Crippen molar-refractivity contribution in [3.63, 3.8) is 0 Å². The number of imidazole rings is 2. The smallest absolute Gasteiger partial charge is 0.326 e. The second-order valence-corrected chi connectivity index (χ2v) is 8.39. The monoisotopic (exact) mass is 470 g/mol. The highest BCUT2D eigenvalue weighted by Crippen LogP contribution is 2.22. The van der Waals surface area contributed by atoms with Crippen LogP contribution in [-0.2, 0) is 6.54 Å². The number of hydrogen-bond acceptors (Lipinski definition) is 8. The number of nitrogens with one attached hydrogen (secondary N) is 3. The number of benzene rings is 1. The number of nitrogens with zero attached hydrogens (tertiary/aromatic N) is 7. The van der Waals surface area contributed by atoms with Crippen LogP contribution in [0.3, 0.4) is 0 Å². The predicted molar refractivity (Wildman–Crippen MR) is 127 cm³/mol. The van der Waals surface area contributed by atoms with Crippen molar-refractivity contribution in [2.45, 2.75) is 32.4 Å². The summed E-state index contributed by atoms with van der Waals surface area (Å²) in [6.07, 6.45) is 8.95. The van der Waals surface area contributed by atoms with Gasteiger partial charge >= 0.3 is 5.69 Å². The zero-order chi connectivity index (χ0) is 23.9. The molecular weight excluding hydrogens is 448 g/mol. The summed E-state index contributed by atoms with van der Waals surface area (Å²) >= 11 is 0. The maximum Gasteiger partial charge on any atom is 0.326 e. The van der Waals surface area contributed by atoms with E-state index >= 15 is 0 Å². The van der Waals surface area contributed by atoms with Crippen molar-refractivity contribution < 1.29 is 5.11 Å². The van der Waals surface area contributed by atoms with Crippen LogP contribution in [-0.4, -0.2) is 50.2 Å². The van der Waals surface area contributed by atoms with E-state index in [4.69, 9.17) is 0 Å². The van der Waals surface area contributed by atoms with Crippen LogP contribution in [0.4, 0.5) is 5.95 Å². The van der Waals surface area contributed by atoms with Crippen molar-refractivity contribution in [2.75, 3.05) is 5.32 Å². The van der Waals surface area contributed by atoms with Gasteiger partial charge in [-0.3, -0.25) is 4.98 Å². The average molecular weight is 470 g/mol. The fourth-order valence-corrected chi connectivity index (χ4v) is 3.77. The van der Waals surface area contributed by atoms with Gasteiger partial charge in [-0.15, -0.1) is 0 Å². The lowest BCUT2D eigenvalue weighted by Gasteiger charge is -2.08. The first-order valence-electron chi connectivity index (χ1n) is 11.2. The maximum absolute atomic E-state index is 11.5. The molecule has 1 aliphatic carbocycles. The summed E-state index contributed by atoms with van der Waals surface area (Å²) in [5, 5.41) is 18.2. The molecule has 1 fully saturated rings. The Kier molecular flexibility index (Phi) is 4.90. The molecule has 0 unspecified atom stereocenters. The van der Waals surface area contributed by atoms with Crippen molar-refractivity contribution >= 4 is 17.7 Å². The Morgan fingerprint density at radius 1 is 1.23 bits per heavy atom. The van der Waals surface area contributed by atoms with Crippen LogP contribution in [0.2, 0.25) is 0 Å². The largest absolute Gasteiger partial charge is 0.493 e. The van der Waals surface area contributed by atoms with Crippen molar-refractivity contribution in [3.8, 4) is 11.6 Å². The summed E-state index contributed by atoms with van der Waals surface area (Å²) in [5.74, 6) is 1.09. The molecule has 0 saturated heterocycles. The number of aromatic amines is 2. The Morgan fingerprint density at radius 2 is 2.06 bits per heavy atom. The summed E-state index contributed by atoms with van der Waals surface area (Å²) in [4.78, 5) is 34.5. The lowest BCUT2D eigenvalue weighted by molar-refractivity contribution is 0.454. The van der Waals surface area contributed by atoms with Gasteiger partial charge < -0.3 is 20.0 Å². The highest BCUT2D eigenvalue weighted by molar-refractivity contribution is 5.57. The van der Waals surface area contributed by atoms with E-state index in [1.807, 2.05) is 42.0 Å². The number of hydrogen-bond donors (Lipinski definition) is 4. The van der Waals surface area contributed by atoms with Gasteiger partial charge in [-0.2, -0.15) is 19.6 Å². The van der Waals surface area contributed by atoms with Crippen LogP contribution in [0.5, 0.6) is 5.88 Å². The van der Waals surface area contributed by atoms with E-state index in [9.17, 15) is 9.90 Å². The van der Waals surface area contributed by atoms with Crippen LogP contribution >= 0.6 is 0 Å². The second-order valence-electron chi connectivity index (χ2n) is 8.39. The molecule has 0 radical (unpaired) electrons. The van der Waals surface area contributed by atoms with E-state index in [1.54, 1.807) is 23.0 Å². The number of aromatic hydroxyl groups is 1. The summed E-state index contributed by atoms with van der Waals surface area (Å²) in [5.41, 5.74) is 2.81. The fourth-order valence-electron chi connectivity index (χ4n) is 3.77. The van der Waals surface area contributed by atoms with Crippen LogP contribution in [0.1, 0.15) is 29.9 Å². The van der Waals surface area contributed by atoms with Crippen LogP contribution in [0.15, 0.2) is 52.6 Å². The molecule has 0 spiro atoms. The highest BCUT2D eigenvalue weighted by atomic mass is 16.3. The van der Waals surface area contributed by atoms with Gasteiger partial charge in [-0.05, 0) is 43.5 Å². The number of aromatic nitrogens is 8. The van der Waals surface area contributed by atoms with Crippen molar-refractivity contribution in [3.05, 3.63) is 81.3 Å². The normalized spacial score (nSPS) is 14.8. The zero-order valence-electron chi connectivity index (χ0n) is 18.8. The Labute approximate surface area is 197 Å². The molecule has 0 bridgehead atoms. The SMILES string of the molecule is Cc1nccn1-c1ccc(CNc2nc(=NC3CC3)n3nc/c(=C\c4[nH]c(=O)[nH]c4O)c3n2)cc1. The molecule has 0 atom stereocenters. The molecule has 5 aromatic rings. The Hall–Kier alpha value is -4.74. The molecule has 0 amide bonds. The first kappa shape index (κ1) is 20.8. The van der Waals surface area contributed by atoms with E-state index in [2.05, 4.69) is 40.3 Å². The van der Waals surface area contributed by atoms with Crippen molar-refractivity contribution in [1.29, 1.82) is 0 Å². The minimum absolute atomic E-state index is 0.238. The molecule has 1 aliphatic rings. The number of H-pyrrole nitrogens is 2. The quantitative estimate of drug-likeness (QED) is 0.283. The number of aryl methyl sites for hydroxylation is 1. The highest BCUT2D eigenvalue weighted by Gasteiger charge is 2.21. The third kappa shape index (κ3) is 4.16. The van der Waals surface area contributed by atoms with E-state index < -0.39 is 5.69 Å². The van der Waals surface area contributed by atoms with Crippen LogP contribution in [0.25, 0.3) is 17.4 Å². The van der Waals surface area contributed by atoms with Gasteiger partial charge in [0.05, 0.1) is 12.2 Å². The second kappa shape index (κ2) is 8.24. The van der Waals surface area contributed by atoms with E-state index in [0.717, 1.165) is 29.9 Å². The van der Waals surface area contributed by atoms with Gasteiger partial charge in [0.2, 0.25) is 11.8 Å². The fraction of sp³-hybridized carbons (Fsp3) is 0.217. The molecule has 12 nitrogen and oxygen atoms in total. The third-order valence-electron chi connectivity index (χ3n) is 5.75. The number of rotatable bonds is 6. The third-order valence-corrected chi connectivity index (χ3v) is 5.75. The van der Waals surface area contributed by atoms with Gasteiger partial charge in [0.15, 0.2) is 5.65 Å². The lowest BCUT2D eigenvalue weighted by Crippen LogP contribution is -2.24. The van der Waals surface area contributed by atoms with E-state index in [0.29, 0.717) is 29.0 Å². The first-order valence-corrected chi connectivity index (χ1v) is 11.2. The summed E-state index contributed by atoms with van der Waals surface area (Å²) < 4.78 is 3.59. The minimum atomic E-state index is -0.499. The molecule has 6 rings (SSSR count). The first-order chi connectivity index (χ1) is 17.0. The molecule has 4 aromatic heterocycles. The molecule has 176 valence electrons.